The highest BCUT2D eigenvalue weighted by atomic mass is 32.2. The summed E-state index contributed by atoms with van der Waals surface area (Å²) in [5.74, 6) is -0.340. The number of carbonyl (C=O) groups is 1. The Balaban J connectivity index is 2.19. The Morgan fingerprint density at radius 2 is 1.84 bits per heavy atom. The van der Waals surface area contributed by atoms with Crippen molar-refractivity contribution in [2.24, 2.45) is 5.10 Å². The number of hydrogen-bond donors (Lipinski definition) is 1. The van der Waals surface area contributed by atoms with Crippen LogP contribution in [0.3, 0.4) is 0 Å². The van der Waals surface area contributed by atoms with Gasteiger partial charge >= 0.3 is 5.69 Å². The fourth-order valence-electron chi connectivity index (χ4n) is 2.65. The van der Waals surface area contributed by atoms with Gasteiger partial charge in [0.2, 0.25) is 10.0 Å². The predicted molar refractivity (Wildman–Crippen MR) is 115 cm³/mol. The van der Waals surface area contributed by atoms with E-state index in [1.165, 1.54) is 38.6 Å². The molecule has 0 aromatic heterocycles. The highest BCUT2D eigenvalue weighted by Gasteiger charge is 2.24. The molecule has 0 aliphatic carbocycles. The number of rotatable bonds is 9. The Hall–Kier alpha value is -3.67. The summed E-state index contributed by atoms with van der Waals surface area (Å²) in [6, 6.07) is 9.09. The smallest absolute Gasteiger partial charge is 0.311 e. The first-order chi connectivity index (χ1) is 14.6. The lowest BCUT2D eigenvalue weighted by Gasteiger charge is -2.23. The van der Waals surface area contributed by atoms with Crippen LogP contribution in [-0.2, 0) is 14.8 Å². The van der Waals surface area contributed by atoms with Crippen molar-refractivity contribution in [3.05, 3.63) is 57.6 Å². The van der Waals surface area contributed by atoms with Gasteiger partial charge in [0, 0.05) is 11.6 Å². The maximum absolute atomic E-state index is 12.3. The SMILES string of the molecule is COc1ccc(C)cc1N(CC(=O)N/N=C\c1ccc(OC)c([N+](=O)[O-])c1)S(C)(=O)=O. The summed E-state index contributed by atoms with van der Waals surface area (Å²) < 4.78 is 35.6. The standard InChI is InChI=1S/C19H22N4O7S/c1-13-5-7-17(29-2)15(9-13)22(31(4,27)28)12-19(24)21-20-11-14-6-8-18(30-3)16(10-14)23(25)26/h5-11H,12H2,1-4H3,(H,21,24)/b20-11-. The van der Waals surface area contributed by atoms with Gasteiger partial charge in [-0.2, -0.15) is 5.10 Å². The molecule has 31 heavy (non-hydrogen) atoms. The highest BCUT2D eigenvalue weighted by molar-refractivity contribution is 7.92. The quantitative estimate of drug-likeness (QED) is 0.349. The maximum atomic E-state index is 12.3. The van der Waals surface area contributed by atoms with Crippen LogP contribution in [-0.4, -0.2) is 52.5 Å². The van der Waals surface area contributed by atoms with E-state index in [0.717, 1.165) is 16.1 Å². The normalized spacial score (nSPS) is 11.2. The molecule has 0 aliphatic heterocycles. The van der Waals surface area contributed by atoms with E-state index in [4.69, 9.17) is 9.47 Å². The molecule has 1 N–H and O–H groups in total. The Bertz CT molecular complexity index is 1120. The molecule has 12 heteroatoms. The number of amides is 1. The van der Waals surface area contributed by atoms with Gasteiger partial charge in [-0.15, -0.1) is 0 Å². The van der Waals surface area contributed by atoms with E-state index in [1.54, 1.807) is 25.1 Å². The lowest BCUT2D eigenvalue weighted by Crippen LogP contribution is -2.39. The second-order valence-electron chi connectivity index (χ2n) is 6.43. The molecule has 1 amide bonds. The molecule has 0 unspecified atom stereocenters. The van der Waals surface area contributed by atoms with Crippen LogP contribution in [0.4, 0.5) is 11.4 Å². The van der Waals surface area contributed by atoms with E-state index < -0.39 is 27.4 Å². The van der Waals surface area contributed by atoms with Gasteiger partial charge in [-0.05, 0) is 36.8 Å². The minimum atomic E-state index is -3.81. The monoisotopic (exact) mass is 450 g/mol. The number of nitro groups is 1. The van der Waals surface area contributed by atoms with Crippen molar-refractivity contribution in [3.63, 3.8) is 0 Å². The molecule has 0 aliphatic rings. The Morgan fingerprint density at radius 1 is 1.19 bits per heavy atom. The Kier molecular flexibility index (Phi) is 7.53. The van der Waals surface area contributed by atoms with Gasteiger partial charge in [-0.3, -0.25) is 19.2 Å². The molecule has 0 bridgehead atoms. The number of hydrogen-bond acceptors (Lipinski definition) is 8. The molecule has 2 aromatic carbocycles. The van der Waals surface area contributed by atoms with Crippen LogP contribution in [0.5, 0.6) is 11.5 Å². The summed E-state index contributed by atoms with van der Waals surface area (Å²) in [5, 5.41) is 14.8. The highest BCUT2D eigenvalue weighted by Crippen LogP contribution is 2.31. The average molecular weight is 450 g/mol. The van der Waals surface area contributed by atoms with Crippen LogP contribution < -0.4 is 19.2 Å². The van der Waals surface area contributed by atoms with E-state index in [-0.39, 0.29) is 22.9 Å². The molecule has 2 rings (SSSR count). The molecule has 11 nitrogen and oxygen atoms in total. The molecule has 0 atom stereocenters. The van der Waals surface area contributed by atoms with Crippen LogP contribution in [0.2, 0.25) is 0 Å². The first-order valence-electron chi connectivity index (χ1n) is 8.83. The Morgan fingerprint density at radius 3 is 2.42 bits per heavy atom. The molecule has 0 spiro atoms. The number of carbonyl (C=O) groups excluding carboxylic acids is 1. The minimum absolute atomic E-state index is 0.0853. The zero-order valence-electron chi connectivity index (χ0n) is 17.4. The molecule has 0 heterocycles. The Labute approximate surface area is 179 Å². The van der Waals surface area contributed by atoms with Gasteiger partial charge in [0.1, 0.15) is 12.3 Å². The van der Waals surface area contributed by atoms with E-state index in [1.807, 2.05) is 0 Å². The van der Waals surface area contributed by atoms with Gasteiger partial charge in [-0.25, -0.2) is 13.8 Å². The summed E-state index contributed by atoms with van der Waals surface area (Å²) in [6.45, 7) is 1.24. The van der Waals surface area contributed by atoms with Crippen molar-refractivity contribution in [1.82, 2.24) is 5.43 Å². The lowest BCUT2D eigenvalue weighted by molar-refractivity contribution is -0.385. The number of nitrogens with zero attached hydrogens (tertiary/aromatic N) is 3. The van der Waals surface area contributed by atoms with E-state index in [9.17, 15) is 23.3 Å². The number of nitro benzene ring substituents is 1. The number of hydrazone groups is 1. The predicted octanol–water partition coefficient (Wildman–Crippen LogP) is 1.84. The number of anilines is 1. The third-order valence-electron chi connectivity index (χ3n) is 4.09. The summed E-state index contributed by atoms with van der Waals surface area (Å²) in [5.41, 5.74) is 3.30. The second-order valence-corrected chi connectivity index (χ2v) is 8.33. The van der Waals surface area contributed by atoms with Crippen molar-refractivity contribution in [3.8, 4) is 11.5 Å². The van der Waals surface area contributed by atoms with Gasteiger partial charge in [0.25, 0.3) is 5.91 Å². The molecule has 0 saturated heterocycles. The number of ether oxygens (including phenoxy) is 2. The van der Waals surface area contributed by atoms with Crippen molar-refractivity contribution < 1.29 is 27.6 Å². The zero-order chi connectivity index (χ0) is 23.2. The molecular weight excluding hydrogens is 428 g/mol. The number of aryl methyl sites for hydroxylation is 1. The first-order valence-corrected chi connectivity index (χ1v) is 10.7. The number of nitrogens with one attached hydrogen (secondary N) is 1. The first kappa shape index (κ1) is 23.6. The van der Waals surface area contributed by atoms with Gasteiger partial charge in [0.05, 0.1) is 37.3 Å². The zero-order valence-corrected chi connectivity index (χ0v) is 18.2. The van der Waals surface area contributed by atoms with Crippen LogP contribution >= 0.6 is 0 Å². The van der Waals surface area contributed by atoms with Gasteiger partial charge < -0.3 is 9.47 Å². The fraction of sp³-hybridized carbons (Fsp3) is 0.263. The summed E-state index contributed by atoms with van der Waals surface area (Å²) in [7, 11) is -1.10. The minimum Gasteiger partial charge on any atom is -0.495 e. The third kappa shape index (κ3) is 6.15. The van der Waals surface area contributed by atoms with Gasteiger partial charge in [-0.1, -0.05) is 6.07 Å². The number of benzene rings is 2. The number of methoxy groups -OCH3 is 2. The van der Waals surface area contributed by atoms with Gasteiger partial charge in [0.15, 0.2) is 5.75 Å². The molecular formula is C19H22N4O7S. The van der Waals surface area contributed by atoms with Crippen molar-refractivity contribution in [2.75, 3.05) is 31.3 Å². The van der Waals surface area contributed by atoms with Crippen molar-refractivity contribution in [1.29, 1.82) is 0 Å². The molecule has 2 aromatic rings. The van der Waals surface area contributed by atoms with Crippen LogP contribution in [0.1, 0.15) is 11.1 Å². The van der Waals surface area contributed by atoms with Crippen molar-refractivity contribution >= 4 is 33.5 Å². The topological polar surface area (TPSA) is 140 Å². The molecule has 0 saturated carbocycles. The fourth-order valence-corrected chi connectivity index (χ4v) is 3.50. The molecule has 0 fully saturated rings. The maximum Gasteiger partial charge on any atom is 0.311 e. The van der Waals surface area contributed by atoms with E-state index in [2.05, 4.69) is 10.5 Å². The summed E-state index contributed by atoms with van der Waals surface area (Å²) in [6.07, 6.45) is 2.17. The van der Waals surface area contributed by atoms with Crippen LogP contribution in [0.25, 0.3) is 0 Å². The van der Waals surface area contributed by atoms with E-state index >= 15 is 0 Å². The second kappa shape index (κ2) is 9.89. The third-order valence-corrected chi connectivity index (χ3v) is 5.22. The summed E-state index contributed by atoms with van der Waals surface area (Å²) in [4.78, 5) is 22.8. The molecule has 166 valence electrons. The average Bonchev–Trinajstić information content (AvgIpc) is 2.71. The molecule has 0 radical (unpaired) electrons. The lowest BCUT2D eigenvalue weighted by atomic mass is 10.2. The van der Waals surface area contributed by atoms with Crippen LogP contribution in [0.15, 0.2) is 41.5 Å². The van der Waals surface area contributed by atoms with Crippen molar-refractivity contribution in [2.45, 2.75) is 6.92 Å². The van der Waals surface area contributed by atoms with E-state index in [0.29, 0.717) is 5.56 Å². The van der Waals surface area contributed by atoms with Crippen LogP contribution in [0, 0.1) is 17.0 Å². The largest absolute Gasteiger partial charge is 0.495 e. The number of sulfonamides is 1. The summed E-state index contributed by atoms with van der Waals surface area (Å²) >= 11 is 0.